The van der Waals surface area contributed by atoms with Crippen LogP contribution in [0.3, 0.4) is 0 Å². The molecule has 1 amide bonds. The van der Waals surface area contributed by atoms with Gasteiger partial charge >= 0.3 is 0 Å². The van der Waals surface area contributed by atoms with E-state index in [1.807, 2.05) is 0 Å². The van der Waals surface area contributed by atoms with Crippen molar-refractivity contribution in [2.75, 3.05) is 26.1 Å². The van der Waals surface area contributed by atoms with Crippen molar-refractivity contribution in [1.82, 2.24) is 0 Å². The number of hydrogen-bond donors (Lipinski definition) is 1. The number of carbonyl (C=O) groups is 1. The van der Waals surface area contributed by atoms with E-state index in [9.17, 15) is 4.79 Å². The molecule has 2 rings (SSSR count). The van der Waals surface area contributed by atoms with E-state index in [4.69, 9.17) is 37.5 Å². The summed E-state index contributed by atoms with van der Waals surface area (Å²) in [6, 6.07) is 10.0. The van der Waals surface area contributed by atoms with Crippen molar-refractivity contribution >= 4 is 41.0 Å². The Morgan fingerprint density at radius 3 is 2.68 bits per heavy atom. The zero-order chi connectivity index (χ0) is 18.2. The average molecular weight is 383 g/mol. The van der Waals surface area contributed by atoms with Crippen LogP contribution in [0.2, 0.25) is 10.0 Å². The van der Waals surface area contributed by atoms with Gasteiger partial charge in [-0.3, -0.25) is 4.79 Å². The lowest BCUT2D eigenvalue weighted by atomic mass is 10.2. The lowest BCUT2D eigenvalue weighted by Gasteiger charge is -2.07. The predicted octanol–water partition coefficient (Wildman–Crippen LogP) is 4.00. The molecule has 132 valence electrons. The summed E-state index contributed by atoms with van der Waals surface area (Å²) in [6.45, 7) is -0.286. The van der Waals surface area contributed by atoms with Gasteiger partial charge in [0.1, 0.15) is 11.5 Å². The maximum Gasteiger partial charge on any atom is 0.265 e. The van der Waals surface area contributed by atoms with Gasteiger partial charge in [-0.05, 0) is 36.4 Å². The van der Waals surface area contributed by atoms with Crippen LogP contribution < -0.4 is 14.8 Å². The van der Waals surface area contributed by atoms with Crippen molar-refractivity contribution in [2.45, 2.75) is 0 Å². The first-order chi connectivity index (χ1) is 12.0. The number of nitrogens with one attached hydrogen (secondary N) is 1. The van der Waals surface area contributed by atoms with E-state index in [0.717, 1.165) is 0 Å². The van der Waals surface area contributed by atoms with Gasteiger partial charge < -0.3 is 19.6 Å². The molecular weight excluding hydrogens is 367 g/mol. The number of hydrogen-bond acceptors (Lipinski definition) is 5. The molecule has 0 saturated heterocycles. The van der Waals surface area contributed by atoms with E-state index in [2.05, 4.69) is 10.5 Å². The van der Waals surface area contributed by atoms with Gasteiger partial charge in [0.25, 0.3) is 5.91 Å². The zero-order valence-electron chi connectivity index (χ0n) is 13.6. The maximum atomic E-state index is 11.9. The van der Waals surface area contributed by atoms with Gasteiger partial charge in [0, 0.05) is 10.6 Å². The minimum Gasteiger partial charge on any atom is -0.497 e. The van der Waals surface area contributed by atoms with E-state index in [0.29, 0.717) is 32.8 Å². The Kier molecular flexibility index (Phi) is 6.91. The minimum absolute atomic E-state index is 0.286. The third kappa shape index (κ3) is 5.55. The Morgan fingerprint density at radius 2 is 1.96 bits per heavy atom. The minimum atomic E-state index is -0.418. The van der Waals surface area contributed by atoms with Crippen molar-refractivity contribution in [2.24, 2.45) is 5.16 Å². The van der Waals surface area contributed by atoms with E-state index in [1.165, 1.54) is 6.21 Å². The lowest BCUT2D eigenvalue weighted by molar-refractivity contribution is -0.120. The van der Waals surface area contributed by atoms with Crippen molar-refractivity contribution < 1.29 is 19.1 Å². The first kappa shape index (κ1) is 18.9. The van der Waals surface area contributed by atoms with E-state index >= 15 is 0 Å². The fourth-order valence-electron chi connectivity index (χ4n) is 1.91. The third-order valence-corrected chi connectivity index (χ3v) is 3.67. The molecular formula is C17H16Cl2N2O4. The summed E-state index contributed by atoms with van der Waals surface area (Å²) < 4.78 is 10.4. The van der Waals surface area contributed by atoms with Crippen LogP contribution in [0.5, 0.6) is 11.5 Å². The van der Waals surface area contributed by atoms with Crippen LogP contribution in [0.15, 0.2) is 41.6 Å². The van der Waals surface area contributed by atoms with Gasteiger partial charge in [-0.15, -0.1) is 0 Å². The first-order valence-electron chi connectivity index (χ1n) is 7.15. The fourth-order valence-corrected chi connectivity index (χ4v) is 2.25. The van der Waals surface area contributed by atoms with Crippen LogP contribution in [0, 0.1) is 0 Å². The second kappa shape index (κ2) is 9.15. The Morgan fingerprint density at radius 1 is 1.16 bits per heavy atom. The molecule has 1 N–H and O–H groups in total. The van der Waals surface area contributed by atoms with Crippen molar-refractivity contribution in [3.63, 3.8) is 0 Å². The van der Waals surface area contributed by atoms with Crippen molar-refractivity contribution in [3.8, 4) is 11.5 Å². The van der Waals surface area contributed by atoms with Gasteiger partial charge in [0.05, 0.1) is 31.1 Å². The Bertz CT molecular complexity index is 781. The molecule has 0 fully saturated rings. The molecule has 0 saturated carbocycles. The highest BCUT2D eigenvalue weighted by Gasteiger charge is 2.07. The zero-order valence-corrected chi connectivity index (χ0v) is 15.1. The maximum absolute atomic E-state index is 11.9. The molecule has 0 aliphatic carbocycles. The second-order valence-corrected chi connectivity index (χ2v) is 5.63. The highest BCUT2D eigenvalue weighted by Crippen LogP contribution is 2.25. The number of anilines is 1. The molecule has 0 aromatic heterocycles. The number of oxime groups is 1. The highest BCUT2D eigenvalue weighted by atomic mass is 35.5. The molecule has 2 aromatic rings. The number of benzene rings is 2. The SMILES string of the molecule is COc1ccc(OC)c(/C=N\OCC(=O)Nc2cc(Cl)ccc2Cl)c1. The Labute approximate surface area is 155 Å². The van der Waals surface area contributed by atoms with Crippen LogP contribution >= 0.6 is 23.2 Å². The summed E-state index contributed by atoms with van der Waals surface area (Å²) in [6.07, 6.45) is 1.43. The van der Waals surface area contributed by atoms with Crippen LogP contribution in [0.1, 0.15) is 5.56 Å². The van der Waals surface area contributed by atoms with Gasteiger partial charge in [0.15, 0.2) is 6.61 Å². The number of amides is 1. The highest BCUT2D eigenvalue weighted by molar-refractivity contribution is 6.35. The first-order valence-corrected chi connectivity index (χ1v) is 7.91. The lowest BCUT2D eigenvalue weighted by Crippen LogP contribution is -2.17. The Balaban J connectivity index is 1.92. The topological polar surface area (TPSA) is 69.1 Å². The van der Waals surface area contributed by atoms with E-state index < -0.39 is 5.91 Å². The van der Waals surface area contributed by atoms with Crippen molar-refractivity contribution in [1.29, 1.82) is 0 Å². The number of methoxy groups -OCH3 is 2. The van der Waals surface area contributed by atoms with E-state index in [1.54, 1.807) is 50.6 Å². The van der Waals surface area contributed by atoms with Gasteiger partial charge in [-0.1, -0.05) is 28.4 Å². The summed E-state index contributed by atoms with van der Waals surface area (Å²) >= 11 is 11.8. The molecule has 2 aromatic carbocycles. The number of nitrogens with zero attached hydrogens (tertiary/aromatic N) is 1. The summed E-state index contributed by atoms with van der Waals surface area (Å²) in [4.78, 5) is 16.9. The molecule has 0 aliphatic heterocycles. The molecule has 0 bridgehead atoms. The standard InChI is InChI=1S/C17H16Cl2N2O4/c1-23-13-4-6-16(24-2)11(7-13)9-20-25-10-17(22)21-15-8-12(18)3-5-14(15)19/h3-9H,10H2,1-2H3,(H,21,22)/b20-9-. The molecule has 0 aliphatic rings. The molecule has 6 nitrogen and oxygen atoms in total. The number of ether oxygens (including phenoxy) is 2. The van der Waals surface area contributed by atoms with Gasteiger partial charge in [-0.25, -0.2) is 0 Å². The normalized spacial score (nSPS) is 10.6. The summed E-state index contributed by atoms with van der Waals surface area (Å²) in [5, 5.41) is 7.20. The van der Waals surface area contributed by atoms with Crippen LogP contribution in [0.4, 0.5) is 5.69 Å². The van der Waals surface area contributed by atoms with Gasteiger partial charge in [0.2, 0.25) is 0 Å². The molecule has 0 radical (unpaired) electrons. The molecule has 0 heterocycles. The largest absolute Gasteiger partial charge is 0.497 e. The third-order valence-electron chi connectivity index (χ3n) is 3.10. The molecule has 0 atom stereocenters. The van der Waals surface area contributed by atoms with Crippen LogP contribution in [-0.2, 0) is 9.63 Å². The molecule has 25 heavy (non-hydrogen) atoms. The van der Waals surface area contributed by atoms with Crippen molar-refractivity contribution in [3.05, 3.63) is 52.0 Å². The molecule has 0 spiro atoms. The van der Waals surface area contributed by atoms with Crippen LogP contribution in [0.25, 0.3) is 0 Å². The van der Waals surface area contributed by atoms with Gasteiger partial charge in [-0.2, -0.15) is 0 Å². The van der Waals surface area contributed by atoms with E-state index in [-0.39, 0.29) is 6.61 Å². The predicted molar refractivity (Wildman–Crippen MR) is 98.2 cm³/mol. The van der Waals surface area contributed by atoms with Crippen LogP contribution in [-0.4, -0.2) is 32.9 Å². The summed E-state index contributed by atoms with van der Waals surface area (Å²) in [7, 11) is 3.10. The average Bonchev–Trinajstić information content (AvgIpc) is 2.61. The smallest absolute Gasteiger partial charge is 0.265 e. The number of carbonyl (C=O) groups excluding carboxylic acids is 1. The summed E-state index contributed by atoms with van der Waals surface area (Å²) in [5.41, 5.74) is 1.06. The fraction of sp³-hybridized carbons (Fsp3) is 0.176. The quantitative estimate of drug-likeness (QED) is 0.580. The molecule has 0 unspecified atom stereocenters. The number of rotatable bonds is 7. The Hall–Kier alpha value is -2.44. The monoisotopic (exact) mass is 382 g/mol. The second-order valence-electron chi connectivity index (χ2n) is 4.79. The molecule has 8 heteroatoms. The number of halogens is 2. The summed E-state index contributed by atoms with van der Waals surface area (Å²) in [5.74, 6) is 0.831.